The fourth-order valence-electron chi connectivity index (χ4n) is 4.18. The molecule has 4 rings (SSSR count). The summed E-state index contributed by atoms with van der Waals surface area (Å²) < 4.78 is 13.8. The van der Waals surface area contributed by atoms with Gasteiger partial charge >= 0.3 is 6.03 Å². The van der Waals surface area contributed by atoms with Gasteiger partial charge in [-0.15, -0.1) is 11.8 Å². The number of hydrogen-bond donors (Lipinski definition) is 1. The number of rotatable bonds is 4. The van der Waals surface area contributed by atoms with Crippen LogP contribution >= 0.6 is 11.8 Å². The van der Waals surface area contributed by atoms with E-state index in [0.717, 1.165) is 32.1 Å². The topological polar surface area (TPSA) is 32.3 Å². The highest BCUT2D eigenvalue weighted by atomic mass is 32.2. The van der Waals surface area contributed by atoms with Crippen LogP contribution in [0.5, 0.6) is 0 Å². The van der Waals surface area contributed by atoms with Gasteiger partial charge in [-0.05, 0) is 49.3 Å². The number of urea groups is 1. The normalized spacial score (nSPS) is 24.5. The van der Waals surface area contributed by atoms with Gasteiger partial charge in [-0.2, -0.15) is 0 Å². The molecule has 3 nitrogen and oxygen atoms in total. The van der Waals surface area contributed by atoms with Gasteiger partial charge in [0.2, 0.25) is 0 Å². The number of allylic oxidation sites excluding steroid dienone is 1. The van der Waals surface area contributed by atoms with Gasteiger partial charge in [0.15, 0.2) is 0 Å². The molecule has 1 saturated carbocycles. The van der Waals surface area contributed by atoms with Crippen LogP contribution in [0.25, 0.3) is 0 Å². The minimum absolute atomic E-state index is 0.00717. The largest absolute Gasteiger partial charge is 0.323 e. The van der Waals surface area contributed by atoms with Gasteiger partial charge in [-0.3, -0.25) is 4.90 Å². The summed E-state index contributed by atoms with van der Waals surface area (Å²) >= 11 is 1.63. The van der Waals surface area contributed by atoms with E-state index in [1.807, 2.05) is 12.1 Å². The first-order valence-corrected chi connectivity index (χ1v) is 9.95. The summed E-state index contributed by atoms with van der Waals surface area (Å²) in [5.41, 5.74) is 3.33. The Kier molecular flexibility index (Phi) is 4.53. The summed E-state index contributed by atoms with van der Waals surface area (Å²) in [7, 11) is 0. The third-order valence-electron chi connectivity index (χ3n) is 5.36. The number of nitrogens with zero attached hydrogens (tertiary/aromatic N) is 1. The van der Waals surface area contributed by atoms with Gasteiger partial charge in [-0.1, -0.05) is 31.0 Å². The Morgan fingerprint density at radius 2 is 1.96 bits per heavy atom. The molecule has 3 aliphatic rings. The Bertz CT molecular complexity index is 669. The van der Waals surface area contributed by atoms with Crippen molar-refractivity contribution in [2.75, 3.05) is 0 Å². The summed E-state index contributed by atoms with van der Waals surface area (Å²) in [6.45, 7) is 0. The monoisotopic (exact) mass is 346 g/mol. The molecule has 1 unspecified atom stereocenters. The Balaban J connectivity index is 1.52. The summed E-state index contributed by atoms with van der Waals surface area (Å²) in [5, 5.41) is 3.17. The van der Waals surface area contributed by atoms with Crippen molar-refractivity contribution in [2.45, 2.75) is 62.1 Å². The third kappa shape index (κ3) is 2.94. The minimum Gasteiger partial charge on any atom is -0.322 e. The molecule has 0 spiro atoms. The molecular formula is C19H23FN2OS. The lowest BCUT2D eigenvalue weighted by atomic mass is 10.1. The number of hydrogen-bond acceptors (Lipinski definition) is 2. The standard InChI is InChI=1S/C19H23FN2OS/c20-16-10-4-1-6-13(16)12-24-18-15-9-5-11-17(15)22(19(23)21-18)14-7-2-3-8-14/h1,4,6,10,14,18H,2-3,5,7-9,11-12H2,(H,21,23). The zero-order valence-corrected chi connectivity index (χ0v) is 14.6. The lowest BCUT2D eigenvalue weighted by molar-refractivity contribution is 0.187. The first-order valence-electron chi connectivity index (χ1n) is 8.90. The molecule has 128 valence electrons. The fraction of sp³-hybridized carbons (Fsp3) is 0.526. The Morgan fingerprint density at radius 1 is 1.17 bits per heavy atom. The average molecular weight is 346 g/mol. The Morgan fingerprint density at radius 3 is 2.75 bits per heavy atom. The molecule has 1 aromatic carbocycles. The van der Waals surface area contributed by atoms with Crippen molar-refractivity contribution in [1.82, 2.24) is 10.2 Å². The van der Waals surface area contributed by atoms with E-state index in [1.54, 1.807) is 17.8 Å². The first-order chi connectivity index (χ1) is 11.7. The van der Waals surface area contributed by atoms with Gasteiger partial charge in [-0.25, -0.2) is 9.18 Å². The third-order valence-corrected chi connectivity index (χ3v) is 6.58. The molecule has 1 atom stereocenters. The summed E-state index contributed by atoms with van der Waals surface area (Å²) in [6.07, 6.45) is 7.88. The van der Waals surface area contributed by atoms with Crippen LogP contribution in [-0.4, -0.2) is 22.3 Å². The molecule has 0 bridgehead atoms. The zero-order chi connectivity index (χ0) is 16.5. The smallest absolute Gasteiger partial charge is 0.322 e. The van der Waals surface area contributed by atoms with Crippen molar-refractivity contribution in [2.24, 2.45) is 0 Å². The number of carbonyl (C=O) groups is 1. The van der Waals surface area contributed by atoms with Crippen LogP contribution in [0.15, 0.2) is 35.5 Å². The molecule has 1 aliphatic heterocycles. The second-order valence-corrected chi connectivity index (χ2v) is 7.96. The van der Waals surface area contributed by atoms with E-state index in [4.69, 9.17) is 0 Å². The number of carbonyl (C=O) groups excluding carboxylic acids is 1. The van der Waals surface area contributed by atoms with Crippen LogP contribution in [0.1, 0.15) is 50.5 Å². The molecule has 2 amide bonds. The van der Waals surface area contributed by atoms with Crippen LogP contribution in [0.2, 0.25) is 0 Å². The van der Waals surface area contributed by atoms with Crippen LogP contribution < -0.4 is 5.32 Å². The van der Waals surface area contributed by atoms with Crippen LogP contribution in [0, 0.1) is 5.82 Å². The zero-order valence-electron chi connectivity index (χ0n) is 13.8. The molecule has 1 N–H and O–H groups in total. The molecule has 0 saturated heterocycles. The van der Waals surface area contributed by atoms with E-state index in [1.165, 1.54) is 30.2 Å². The van der Waals surface area contributed by atoms with Crippen molar-refractivity contribution >= 4 is 17.8 Å². The highest BCUT2D eigenvalue weighted by Crippen LogP contribution is 2.41. The fourth-order valence-corrected chi connectivity index (χ4v) is 5.40. The van der Waals surface area contributed by atoms with Crippen LogP contribution in [0.4, 0.5) is 9.18 Å². The first kappa shape index (κ1) is 16.0. The molecule has 24 heavy (non-hydrogen) atoms. The molecule has 1 fully saturated rings. The molecule has 5 heteroatoms. The second-order valence-electron chi connectivity index (χ2n) is 6.87. The van der Waals surface area contributed by atoms with Gasteiger partial charge in [0.05, 0.1) is 0 Å². The molecule has 0 radical (unpaired) electrons. The lowest BCUT2D eigenvalue weighted by Crippen LogP contribution is -2.51. The number of benzene rings is 1. The Labute approximate surface area is 146 Å². The molecule has 0 aromatic heterocycles. The van der Waals surface area contributed by atoms with Crippen molar-refractivity contribution in [3.63, 3.8) is 0 Å². The minimum atomic E-state index is -0.166. The van der Waals surface area contributed by atoms with Gasteiger partial charge in [0.25, 0.3) is 0 Å². The van der Waals surface area contributed by atoms with Gasteiger partial charge in [0.1, 0.15) is 11.2 Å². The summed E-state index contributed by atoms with van der Waals surface area (Å²) in [4.78, 5) is 14.8. The maximum atomic E-state index is 13.8. The van der Waals surface area contributed by atoms with E-state index in [-0.39, 0.29) is 17.2 Å². The molecule has 2 aliphatic carbocycles. The van der Waals surface area contributed by atoms with Crippen molar-refractivity contribution in [3.05, 3.63) is 46.9 Å². The number of nitrogens with one attached hydrogen (secondary N) is 1. The molecular weight excluding hydrogens is 323 g/mol. The van der Waals surface area contributed by atoms with Crippen molar-refractivity contribution in [3.8, 4) is 0 Å². The Hall–Kier alpha value is -1.49. The van der Waals surface area contributed by atoms with E-state index in [0.29, 0.717) is 17.4 Å². The van der Waals surface area contributed by atoms with Crippen LogP contribution in [0.3, 0.4) is 0 Å². The van der Waals surface area contributed by atoms with Crippen molar-refractivity contribution in [1.29, 1.82) is 0 Å². The summed E-state index contributed by atoms with van der Waals surface area (Å²) in [5.74, 6) is 0.415. The van der Waals surface area contributed by atoms with E-state index in [9.17, 15) is 9.18 Å². The summed E-state index contributed by atoms with van der Waals surface area (Å²) in [6, 6.07) is 7.32. The van der Waals surface area contributed by atoms with E-state index >= 15 is 0 Å². The SMILES string of the molecule is O=C1NC(SCc2ccccc2F)C2=C(CCC2)N1C1CCCC1. The highest BCUT2D eigenvalue weighted by Gasteiger charge is 2.39. The average Bonchev–Trinajstić information content (AvgIpc) is 3.25. The van der Waals surface area contributed by atoms with Gasteiger partial charge in [0, 0.05) is 17.5 Å². The number of thioether (sulfide) groups is 1. The highest BCUT2D eigenvalue weighted by molar-refractivity contribution is 7.99. The maximum Gasteiger partial charge on any atom is 0.323 e. The van der Waals surface area contributed by atoms with Crippen molar-refractivity contribution < 1.29 is 9.18 Å². The van der Waals surface area contributed by atoms with E-state index in [2.05, 4.69) is 10.2 Å². The van der Waals surface area contributed by atoms with E-state index < -0.39 is 0 Å². The number of amides is 2. The predicted molar refractivity (Wildman–Crippen MR) is 95.0 cm³/mol. The lowest BCUT2D eigenvalue weighted by Gasteiger charge is -2.38. The van der Waals surface area contributed by atoms with Gasteiger partial charge < -0.3 is 5.32 Å². The quantitative estimate of drug-likeness (QED) is 0.850. The molecule has 1 aromatic rings. The maximum absolute atomic E-state index is 13.8. The number of halogens is 1. The predicted octanol–water partition coefficient (Wildman–Crippen LogP) is 4.79. The second kappa shape index (κ2) is 6.79. The molecule has 1 heterocycles. The van der Waals surface area contributed by atoms with Crippen LogP contribution in [-0.2, 0) is 5.75 Å².